The Labute approximate surface area is 101 Å². The van der Waals surface area contributed by atoms with Crippen molar-refractivity contribution in [2.45, 2.75) is 50.7 Å². The molecule has 3 atom stereocenters. The Balaban J connectivity index is 2.24. The third-order valence-corrected chi connectivity index (χ3v) is 4.35. The van der Waals surface area contributed by atoms with Crippen molar-refractivity contribution in [1.29, 1.82) is 0 Å². The van der Waals surface area contributed by atoms with Crippen LogP contribution in [0.2, 0.25) is 0 Å². The predicted molar refractivity (Wildman–Crippen MR) is 61.0 cm³/mol. The molecule has 5 heteroatoms. The number of aliphatic hydroxyl groups is 1. The van der Waals surface area contributed by atoms with Gasteiger partial charge in [-0.15, -0.1) is 0 Å². The number of hydroxylamine groups is 1. The second kappa shape index (κ2) is 4.55. The van der Waals surface area contributed by atoms with E-state index in [1.807, 2.05) is 0 Å². The Morgan fingerprint density at radius 3 is 2.88 bits per heavy atom. The van der Waals surface area contributed by atoms with Gasteiger partial charge in [0.15, 0.2) is 0 Å². The molecule has 2 aliphatic rings. The fourth-order valence-corrected chi connectivity index (χ4v) is 3.54. The van der Waals surface area contributed by atoms with Gasteiger partial charge in [0, 0.05) is 0 Å². The second-order valence-corrected chi connectivity index (χ2v) is 4.99. The first-order chi connectivity index (χ1) is 8.10. The smallest absolute Gasteiger partial charge is 0.315 e. The first-order valence-electron chi connectivity index (χ1n) is 6.29. The highest BCUT2D eigenvalue weighted by Gasteiger charge is 2.66. The van der Waals surface area contributed by atoms with Gasteiger partial charge in [0.2, 0.25) is 0 Å². The SMILES string of the molecule is CCOC(=O)[C@@]12CCC[C@]1(O)[C@H](NOC)CC2. The minimum absolute atomic E-state index is 0.181. The van der Waals surface area contributed by atoms with Gasteiger partial charge in [-0.3, -0.25) is 4.79 Å². The van der Waals surface area contributed by atoms with Crippen molar-refractivity contribution in [2.24, 2.45) is 5.41 Å². The number of esters is 1. The summed E-state index contributed by atoms with van der Waals surface area (Å²) in [6.45, 7) is 2.15. The minimum Gasteiger partial charge on any atom is -0.465 e. The predicted octanol–water partition coefficient (Wildman–Crippen LogP) is 0.764. The van der Waals surface area contributed by atoms with E-state index in [0.29, 0.717) is 25.9 Å². The van der Waals surface area contributed by atoms with E-state index in [-0.39, 0.29) is 12.0 Å². The molecule has 2 rings (SSSR count). The van der Waals surface area contributed by atoms with Crippen LogP contribution in [0, 0.1) is 5.41 Å². The molecule has 0 aliphatic heterocycles. The van der Waals surface area contributed by atoms with Crippen molar-refractivity contribution in [3.05, 3.63) is 0 Å². The Morgan fingerprint density at radius 2 is 2.24 bits per heavy atom. The number of carbonyl (C=O) groups excluding carboxylic acids is 1. The number of carbonyl (C=O) groups is 1. The van der Waals surface area contributed by atoms with Crippen molar-refractivity contribution in [1.82, 2.24) is 5.48 Å². The Hall–Kier alpha value is -0.650. The van der Waals surface area contributed by atoms with E-state index in [1.165, 1.54) is 7.11 Å². The zero-order chi connectivity index (χ0) is 12.5. The number of hydrogen-bond donors (Lipinski definition) is 2. The van der Waals surface area contributed by atoms with Crippen LogP contribution in [-0.4, -0.2) is 36.4 Å². The fourth-order valence-electron chi connectivity index (χ4n) is 3.54. The molecule has 2 N–H and O–H groups in total. The van der Waals surface area contributed by atoms with Gasteiger partial charge in [0.05, 0.1) is 30.8 Å². The molecule has 0 unspecified atom stereocenters. The lowest BCUT2D eigenvalue weighted by molar-refractivity contribution is -0.171. The van der Waals surface area contributed by atoms with Gasteiger partial charge in [0.1, 0.15) is 0 Å². The summed E-state index contributed by atoms with van der Waals surface area (Å²) in [5.74, 6) is -0.250. The molecule has 0 aromatic heterocycles. The molecule has 2 aliphatic carbocycles. The number of ether oxygens (including phenoxy) is 1. The van der Waals surface area contributed by atoms with E-state index in [4.69, 9.17) is 9.57 Å². The summed E-state index contributed by atoms with van der Waals surface area (Å²) in [4.78, 5) is 17.1. The van der Waals surface area contributed by atoms with Crippen LogP contribution in [-0.2, 0) is 14.4 Å². The highest BCUT2D eigenvalue weighted by molar-refractivity contribution is 5.80. The van der Waals surface area contributed by atoms with Crippen LogP contribution >= 0.6 is 0 Å². The molecular formula is C12H21NO4. The van der Waals surface area contributed by atoms with Gasteiger partial charge in [-0.25, -0.2) is 0 Å². The summed E-state index contributed by atoms with van der Waals surface area (Å²) >= 11 is 0. The van der Waals surface area contributed by atoms with E-state index in [9.17, 15) is 9.90 Å². The molecule has 0 amide bonds. The quantitative estimate of drug-likeness (QED) is 0.564. The van der Waals surface area contributed by atoms with E-state index in [2.05, 4.69) is 5.48 Å². The van der Waals surface area contributed by atoms with Crippen LogP contribution in [0.1, 0.15) is 39.0 Å². The third kappa shape index (κ3) is 1.68. The van der Waals surface area contributed by atoms with Crippen molar-refractivity contribution >= 4 is 5.97 Å². The molecule has 17 heavy (non-hydrogen) atoms. The Morgan fingerprint density at radius 1 is 1.47 bits per heavy atom. The standard InChI is InChI=1S/C12H21NO4/c1-3-17-10(14)11-6-4-7-12(11,15)9(5-8-11)13-16-2/h9,13,15H,3-8H2,1-2H3/t9-,11+,12+/m1/s1. The van der Waals surface area contributed by atoms with Crippen LogP contribution in [0.5, 0.6) is 0 Å². The summed E-state index contributed by atoms with van der Waals surface area (Å²) < 4.78 is 5.15. The highest BCUT2D eigenvalue weighted by Crippen LogP contribution is 2.57. The van der Waals surface area contributed by atoms with Gasteiger partial charge in [-0.2, -0.15) is 5.48 Å². The van der Waals surface area contributed by atoms with Crippen LogP contribution in [0.3, 0.4) is 0 Å². The first kappa shape index (κ1) is 12.8. The zero-order valence-corrected chi connectivity index (χ0v) is 10.5. The van der Waals surface area contributed by atoms with E-state index in [0.717, 1.165) is 12.8 Å². The molecule has 5 nitrogen and oxygen atoms in total. The van der Waals surface area contributed by atoms with Crippen molar-refractivity contribution in [2.75, 3.05) is 13.7 Å². The maximum Gasteiger partial charge on any atom is 0.315 e. The molecule has 0 heterocycles. The average molecular weight is 243 g/mol. The summed E-state index contributed by atoms with van der Waals surface area (Å²) in [6.07, 6.45) is 3.61. The van der Waals surface area contributed by atoms with E-state index in [1.54, 1.807) is 6.92 Å². The topological polar surface area (TPSA) is 67.8 Å². The minimum atomic E-state index is -1.02. The summed E-state index contributed by atoms with van der Waals surface area (Å²) in [5.41, 5.74) is 1.08. The summed E-state index contributed by atoms with van der Waals surface area (Å²) in [6, 6.07) is -0.181. The summed E-state index contributed by atoms with van der Waals surface area (Å²) in [5, 5.41) is 10.8. The molecule has 2 saturated carbocycles. The largest absolute Gasteiger partial charge is 0.465 e. The van der Waals surface area contributed by atoms with Gasteiger partial charge in [0.25, 0.3) is 0 Å². The number of rotatable bonds is 4. The van der Waals surface area contributed by atoms with Crippen molar-refractivity contribution in [3.8, 4) is 0 Å². The Bertz CT molecular complexity index is 309. The van der Waals surface area contributed by atoms with Gasteiger partial charge >= 0.3 is 5.97 Å². The van der Waals surface area contributed by atoms with Gasteiger partial charge in [-0.1, -0.05) is 0 Å². The van der Waals surface area contributed by atoms with E-state index < -0.39 is 11.0 Å². The molecule has 0 saturated heterocycles. The number of fused-ring (bicyclic) bond motifs is 1. The highest BCUT2D eigenvalue weighted by atomic mass is 16.6. The molecule has 0 radical (unpaired) electrons. The molecular weight excluding hydrogens is 222 g/mol. The van der Waals surface area contributed by atoms with Crippen LogP contribution in [0.4, 0.5) is 0 Å². The second-order valence-electron chi connectivity index (χ2n) is 4.99. The molecule has 0 aromatic rings. The van der Waals surface area contributed by atoms with Gasteiger partial charge < -0.3 is 14.7 Å². The summed E-state index contributed by atoms with van der Waals surface area (Å²) in [7, 11) is 1.53. The Kier molecular flexibility index (Phi) is 3.43. The van der Waals surface area contributed by atoms with Crippen molar-refractivity contribution < 1.29 is 19.5 Å². The van der Waals surface area contributed by atoms with E-state index >= 15 is 0 Å². The maximum absolute atomic E-state index is 12.2. The molecule has 2 fully saturated rings. The molecule has 0 spiro atoms. The van der Waals surface area contributed by atoms with Crippen LogP contribution in [0.25, 0.3) is 0 Å². The van der Waals surface area contributed by atoms with Crippen LogP contribution < -0.4 is 5.48 Å². The number of nitrogens with one attached hydrogen (secondary N) is 1. The zero-order valence-electron chi connectivity index (χ0n) is 10.5. The lowest BCUT2D eigenvalue weighted by Crippen LogP contribution is -2.55. The van der Waals surface area contributed by atoms with Crippen LogP contribution in [0.15, 0.2) is 0 Å². The normalized spacial score (nSPS) is 40.3. The lowest BCUT2D eigenvalue weighted by atomic mass is 9.76. The first-order valence-corrected chi connectivity index (χ1v) is 6.29. The fraction of sp³-hybridized carbons (Fsp3) is 0.917. The molecule has 0 aromatic carbocycles. The molecule has 0 bridgehead atoms. The van der Waals surface area contributed by atoms with Crippen molar-refractivity contribution in [3.63, 3.8) is 0 Å². The number of hydrogen-bond acceptors (Lipinski definition) is 5. The molecule has 98 valence electrons. The van der Waals surface area contributed by atoms with Gasteiger partial charge in [-0.05, 0) is 39.0 Å². The monoisotopic (exact) mass is 243 g/mol. The third-order valence-electron chi connectivity index (χ3n) is 4.35. The average Bonchev–Trinajstić information content (AvgIpc) is 2.75. The lowest BCUT2D eigenvalue weighted by Gasteiger charge is -2.37. The maximum atomic E-state index is 12.2.